The third-order valence-corrected chi connectivity index (χ3v) is 11.9. The second kappa shape index (κ2) is 16.3. The highest BCUT2D eigenvalue weighted by atomic mass is 16.3. The van der Waals surface area contributed by atoms with Gasteiger partial charge in [-0.1, -0.05) is 146 Å². The number of para-hydroxylation sites is 1. The lowest BCUT2D eigenvalue weighted by molar-refractivity contribution is 0.472. The summed E-state index contributed by atoms with van der Waals surface area (Å²) < 4.78 is 2.22. The first-order chi connectivity index (χ1) is 30.4. The molecule has 0 radical (unpaired) electrons. The Balaban J connectivity index is 1.15. The molecule has 2 heterocycles. The van der Waals surface area contributed by atoms with Gasteiger partial charge < -0.3 is 5.11 Å². The molecule has 0 aliphatic carbocycles. The van der Waals surface area contributed by atoms with Crippen LogP contribution in [0.25, 0.3) is 95.0 Å². The number of imidazole rings is 1. The number of aromatic hydroxyl groups is 1. The minimum absolute atomic E-state index is 0.236. The average molecular weight is 800 g/mol. The highest BCUT2D eigenvalue weighted by Crippen LogP contribution is 2.42. The van der Waals surface area contributed by atoms with Crippen LogP contribution < -0.4 is 0 Å². The first-order valence-electron chi connectivity index (χ1n) is 21.3. The van der Waals surface area contributed by atoms with Crippen molar-refractivity contribution in [3.8, 4) is 89.7 Å². The van der Waals surface area contributed by atoms with Crippen LogP contribution in [0.2, 0.25) is 0 Å². The Labute approximate surface area is 363 Å². The predicted molar refractivity (Wildman–Crippen MR) is 257 cm³/mol. The Kier molecular flexibility index (Phi) is 10.1. The molecule has 10 aromatic rings. The molecule has 10 rings (SSSR count). The lowest BCUT2D eigenvalue weighted by Gasteiger charge is -2.16. The number of benzene rings is 8. The Morgan fingerprint density at radius 2 is 1.08 bits per heavy atom. The zero-order chi connectivity index (χ0) is 42.2. The van der Waals surface area contributed by atoms with E-state index in [-0.39, 0.29) is 5.75 Å². The molecule has 0 atom stereocenters. The molecule has 0 aliphatic rings. The number of nitrogens with zero attached hydrogens (tertiary/aromatic N) is 3. The molecule has 2 aromatic heterocycles. The SMILES string of the molecule is CCc1cc(-n2c(-c3cc(C)cc(C)c3O)nc3c(-c4cc(-c5ccccc5)cc(-c5cc(-c6ccc(-c7ccccc7)cc6)ccn5)c4)cccc32)ccc1-c1ccccc1. The van der Waals surface area contributed by atoms with Crippen LogP contribution in [-0.4, -0.2) is 19.6 Å². The summed E-state index contributed by atoms with van der Waals surface area (Å²) >= 11 is 0. The van der Waals surface area contributed by atoms with Gasteiger partial charge in [0.05, 0.1) is 22.3 Å². The number of phenolic OH excluding ortho intramolecular Hbond substituents is 1. The van der Waals surface area contributed by atoms with Gasteiger partial charge in [-0.15, -0.1) is 0 Å². The monoisotopic (exact) mass is 799 g/mol. The van der Waals surface area contributed by atoms with Crippen molar-refractivity contribution in [2.24, 2.45) is 0 Å². The molecule has 0 saturated heterocycles. The van der Waals surface area contributed by atoms with E-state index in [0.717, 1.165) is 78.9 Å². The minimum atomic E-state index is 0.236. The van der Waals surface area contributed by atoms with Crippen LogP contribution in [0.15, 0.2) is 200 Å². The molecular weight excluding hydrogens is 755 g/mol. The lowest BCUT2D eigenvalue weighted by Crippen LogP contribution is -2.00. The highest BCUT2D eigenvalue weighted by Gasteiger charge is 2.22. The standard InChI is InChI=1S/C58H45N3O/c1-4-40-36-50(27-28-51(40)45-19-12-7-13-20-45)61-55-22-14-21-52(56(55)60-58(61)53-32-38(2)31-39(3)57(53)62)48-33-47(42-17-10-6-11-18-42)34-49(35-48)54-37-46(29-30-59-54)44-25-23-43(24-26-44)41-15-8-5-9-16-41/h5-37,62H,4H2,1-3H3. The molecule has 0 aliphatic heterocycles. The smallest absolute Gasteiger partial charge is 0.149 e. The fraction of sp³-hybridized carbons (Fsp3) is 0.0690. The Morgan fingerprint density at radius 3 is 1.77 bits per heavy atom. The zero-order valence-corrected chi connectivity index (χ0v) is 35.0. The summed E-state index contributed by atoms with van der Waals surface area (Å²) in [4.78, 5) is 10.4. The largest absolute Gasteiger partial charge is 0.507 e. The fourth-order valence-corrected chi connectivity index (χ4v) is 8.80. The van der Waals surface area contributed by atoms with Crippen molar-refractivity contribution < 1.29 is 5.11 Å². The van der Waals surface area contributed by atoms with Crippen LogP contribution in [0, 0.1) is 13.8 Å². The molecule has 4 heteroatoms. The molecule has 8 aromatic carbocycles. The number of rotatable bonds is 9. The van der Waals surface area contributed by atoms with Crippen molar-refractivity contribution in [2.45, 2.75) is 27.2 Å². The maximum Gasteiger partial charge on any atom is 0.149 e. The van der Waals surface area contributed by atoms with Crippen LogP contribution in [0.1, 0.15) is 23.6 Å². The first-order valence-corrected chi connectivity index (χ1v) is 21.3. The average Bonchev–Trinajstić information content (AvgIpc) is 3.73. The van der Waals surface area contributed by atoms with Crippen LogP contribution >= 0.6 is 0 Å². The van der Waals surface area contributed by atoms with Gasteiger partial charge in [0.2, 0.25) is 0 Å². The Morgan fingerprint density at radius 1 is 0.468 bits per heavy atom. The quantitative estimate of drug-likeness (QED) is 0.158. The third-order valence-electron chi connectivity index (χ3n) is 11.9. The number of hydrogen-bond donors (Lipinski definition) is 1. The Bertz CT molecular complexity index is 3220. The summed E-state index contributed by atoms with van der Waals surface area (Å²) in [5.41, 5.74) is 19.8. The van der Waals surface area contributed by atoms with Crippen molar-refractivity contribution in [1.82, 2.24) is 14.5 Å². The maximum atomic E-state index is 11.7. The summed E-state index contributed by atoms with van der Waals surface area (Å²) in [7, 11) is 0. The van der Waals surface area contributed by atoms with Crippen molar-refractivity contribution in [1.29, 1.82) is 0 Å². The van der Waals surface area contributed by atoms with Gasteiger partial charge in [0.1, 0.15) is 11.6 Å². The van der Waals surface area contributed by atoms with E-state index >= 15 is 0 Å². The molecule has 0 bridgehead atoms. The van der Waals surface area contributed by atoms with Gasteiger partial charge in [-0.2, -0.15) is 0 Å². The number of hydrogen-bond acceptors (Lipinski definition) is 3. The van der Waals surface area contributed by atoms with E-state index in [1.807, 2.05) is 31.3 Å². The van der Waals surface area contributed by atoms with Gasteiger partial charge >= 0.3 is 0 Å². The normalized spacial score (nSPS) is 11.3. The van der Waals surface area contributed by atoms with Gasteiger partial charge in [0.25, 0.3) is 0 Å². The van der Waals surface area contributed by atoms with E-state index < -0.39 is 0 Å². The predicted octanol–water partition coefficient (Wildman–Crippen LogP) is 15.0. The number of pyridine rings is 1. The summed E-state index contributed by atoms with van der Waals surface area (Å²) in [5, 5.41) is 11.7. The molecular formula is C58H45N3O. The van der Waals surface area contributed by atoms with Crippen LogP contribution in [0.3, 0.4) is 0 Å². The first kappa shape index (κ1) is 38.4. The summed E-state index contributed by atoms with van der Waals surface area (Å²) in [5.74, 6) is 0.928. The molecule has 0 saturated carbocycles. The van der Waals surface area contributed by atoms with Crippen molar-refractivity contribution in [3.05, 3.63) is 217 Å². The second-order valence-electron chi connectivity index (χ2n) is 16.0. The van der Waals surface area contributed by atoms with Crippen LogP contribution in [0.5, 0.6) is 5.75 Å². The van der Waals surface area contributed by atoms with E-state index in [1.165, 1.54) is 27.8 Å². The van der Waals surface area contributed by atoms with Crippen LogP contribution in [-0.2, 0) is 6.42 Å². The molecule has 1 N–H and O–H groups in total. The van der Waals surface area contributed by atoms with Gasteiger partial charge in [0, 0.05) is 23.0 Å². The summed E-state index contributed by atoms with van der Waals surface area (Å²) in [6.07, 6.45) is 2.77. The van der Waals surface area contributed by atoms with Gasteiger partial charge in [-0.25, -0.2) is 4.98 Å². The Hall–Kier alpha value is -7.82. The maximum absolute atomic E-state index is 11.7. The van der Waals surface area contributed by atoms with E-state index in [2.05, 4.69) is 194 Å². The highest BCUT2D eigenvalue weighted by molar-refractivity contribution is 5.98. The second-order valence-corrected chi connectivity index (χ2v) is 16.0. The van der Waals surface area contributed by atoms with E-state index in [1.54, 1.807) is 0 Å². The van der Waals surface area contributed by atoms with Gasteiger partial charge in [0.15, 0.2) is 0 Å². The van der Waals surface area contributed by atoms with Gasteiger partial charge in [-0.05, 0) is 142 Å². The molecule has 0 amide bonds. The van der Waals surface area contributed by atoms with Crippen LogP contribution in [0.4, 0.5) is 0 Å². The number of aryl methyl sites for hydroxylation is 3. The van der Waals surface area contributed by atoms with Gasteiger partial charge in [-0.3, -0.25) is 9.55 Å². The summed E-state index contributed by atoms with van der Waals surface area (Å²) in [6, 6.07) is 68.5. The molecule has 62 heavy (non-hydrogen) atoms. The van der Waals surface area contributed by atoms with E-state index in [9.17, 15) is 5.11 Å². The van der Waals surface area contributed by atoms with Crippen molar-refractivity contribution in [3.63, 3.8) is 0 Å². The van der Waals surface area contributed by atoms with E-state index in [0.29, 0.717) is 11.4 Å². The van der Waals surface area contributed by atoms with Crippen molar-refractivity contribution >= 4 is 11.0 Å². The molecule has 0 unspecified atom stereocenters. The fourth-order valence-electron chi connectivity index (χ4n) is 8.80. The number of fused-ring (bicyclic) bond motifs is 1. The molecule has 4 nitrogen and oxygen atoms in total. The third kappa shape index (κ3) is 7.26. The van der Waals surface area contributed by atoms with Crippen molar-refractivity contribution in [2.75, 3.05) is 0 Å². The minimum Gasteiger partial charge on any atom is -0.507 e. The number of phenols is 1. The molecule has 0 spiro atoms. The zero-order valence-electron chi connectivity index (χ0n) is 35.0. The molecule has 0 fully saturated rings. The summed E-state index contributed by atoms with van der Waals surface area (Å²) in [6.45, 7) is 6.22. The van der Waals surface area contributed by atoms with E-state index in [4.69, 9.17) is 9.97 Å². The lowest BCUT2D eigenvalue weighted by atomic mass is 9.93. The number of aromatic nitrogens is 3. The topological polar surface area (TPSA) is 50.9 Å². The molecule has 298 valence electrons.